The molecule has 6 rings (SSSR count). The molecule has 11 nitrogen and oxygen atoms in total. The quantitative estimate of drug-likeness (QED) is 0.482. The van der Waals surface area contributed by atoms with Crippen LogP contribution in [0.15, 0.2) is 29.3 Å². The number of aliphatic hydroxyl groups is 1. The second kappa shape index (κ2) is 10.9. The van der Waals surface area contributed by atoms with Crippen LogP contribution in [0.5, 0.6) is 23.0 Å². The largest absolute Gasteiger partial charge is 0.493 e. The molecule has 0 spiro atoms. The summed E-state index contributed by atoms with van der Waals surface area (Å²) in [4.78, 5) is 34.4. The molecule has 2 aromatic rings. The Morgan fingerprint density at radius 3 is 2.40 bits per heavy atom. The van der Waals surface area contributed by atoms with Crippen LogP contribution in [0, 0.1) is 0 Å². The Labute approximate surface area is 232 Å². The van der Waals surface area contributed by atoms with E-state index in [9.17, 15) is 14.7 Å². The van der Waals surface area contributed by atoms with Gasteiger partial charge in [0.1, 0.15) is 0 Å². The van der Waals surface area contributed by atoms with Gasteiger partial charge in [0, 0.05) is 44.4 Å². The normalized spacial score (nSPS) is 22.9. The van der Waals surface area contributed by atoms with Gasteiger partial charge in [-0.2, -0.15) is 0 Å². The maximum Gasteiger partial charge on any atom is 0.256 e. The third-order valence-corrected chi connectivity index (χ3v) is 7.98. The Kier molecular flexibility index (Phi) is 7.14. The molecule has 2 aromatic carbocycles. The average molecular weight is 551 g/mol. The van der Waals surface area contributed by atoms with Crippen LogP contribution in [0.1, 0.15) is 46.4 Å². The summed E-state index contributed by atoms with van der Waals surface area (Å²) in [6, 6.07) is 6.94. The van der Waals surface area contributed by atoms with Crippen LogP contribution in [0.4, 0.5) is 11.4 Å². The zero-order valence-electron chi connectivity index (χ0n) is 22.7. The van der Waals surface area contributed by atoms with Crippen molar-refractivity contribution in [1.82, 2.24) is 9.80 Å². The molecule has 4 aliphatic heterocycles. The molecule has 2 fully saturated rings. The van der Waals surface area contributed by atoms with Gasteiger partial charge in [-0.05, 0) is 31.4 Å². The molecule has 0 saturated carbocycles. The number of aliphatic hydroxyl groups excluding tert-OH is 1. The molecular formula is C29H34N4O7. The molecule has 4 aliphatic rings. The second-order valence-electron chi connectivity index (χ2n) is 10.5. The van der Waals surface area contributed by atoms with Gasteiger partial charge in [-0.15, -0.1) is 0 Å². The minimum Gasteiger partial charge on any atom is -0.493 e. The molecule has 40 heavy (non-hydrogen) atoms. The maximum absolute atomic E-state index is 13.1. The first-order chi connectivity index (χ1) is 19.5. The van der Waals surface area contributed by atoms with Crippen molar-refractivity contribution < 1.29 is 33.6 Å². The van der Waals surface area contributed by atoms with Gasteiger partial charge in [0.2, 0.25) is 0 Å². The van der Waals surface area contributed by atoms with E-state index in [0.717, 1.165) is 19.4 Å². The Morgan fingerprint density at radius 1 is 0.950 bits per heavy atom. The number of nitrogens with one attached hydrogen (secondary N) is 1. The summed E-state index contributed by atoms with van der Waals surface area (Å²) in [7, 11) is 3.09. The molecule has 1 unspecified atom stereocenters. The van der Waals surface area contributed by atoms with Gasteiger partial charge in [-0.3, -0.25) is 14.6 Å². The summed E-state index contributed by atoms with van der Waals surface area (Å²) in [6.45, 7) is 2.34. The second-order valence-corrected chi connectivity index (χ2v) is 10.5. The lowest BCUT2D eigenvalue weighted by molar-refractivity contribution is 0.0727. The number of aliphatic imine (C=N–C) groups is 1. The summed E-state index contributed by atoms with van der Waals surface area (Å²) < 4.78 is 23.1. The molecule has 4 heterocycles. The van der Waals surface area contributed by atoms with Gasteiger partial charge in [-0.25, -0.2) is 0 Å². The van der Waals surface area contributed by atoms with Crippen LogP contribution in [0.25, 0.3) is 0 Å². The van der Waals surface area contributed by atoms with Gasteiger partial charge in [0.05, 0.1) is 68.1 Å². The van der Waals surface area contributed by atoms with E-state index in [-0.39, 0.29) is 23.9 Å². The van der Waals surface area contributed by atoms with Crippen LogP contribution >= 0.6 is 0 Å². The van der Waals surface area contributed by atoms with E-state index in [1.165, 1.54) is 7.11 Å². The number of rotatable bonds is 8. The highest BCUT2D eigenvalue weighted by molar-refractivity contribution is 6.03. The monoisotopic (exact) mass is 550 g/mol. The topological polar surface area (TPSA) is 122 Å². The van der Waals surface area contributed by atoms with Crippen LogP contribution in [-0.4, -0.2) is 98.2 Å². The van der Waals surface area contributed by atoms with E-state index in [1.807, 2.05) is 11.1 Å². The lowest BCUT2D eigenvalue weighted by Gasteiger charge is -2.21. The van der Waals surface area contributed by atoms with Crippen LogP contribution in [0.3, 0.4) is 0 Å². The van der Waals surface area contributed by atoms with E-state index in [0.29, 0.717) is 84.6 Å². The fourth-order valence-electron chi connectivity index (χ4n) is 5.92. The summed E-state index contributed by atoms with van der Waals surface area (Å²) in [5, 5.41) is 13.3. The number of hydrogen-bond acceptors (Lipinski definition) is 9. The van der Waals surface area contributed by atoms with E-state index in [4.69, 9.17) is 18.9 Å². The lowest BCUT2D eigenvalue weighted by Crippen LogP contribution is -2.37. The third kappa shape index (κ3) is 4.78. The predicted octanol–water partition coefficient (Wildman–Crippen LogP) is 2.87. The highest BCUT2D eigenvalue weighted by Gasteiger charge is 2.38. The number of ether oxygens (including phenoxy) is 4. The van der Waals surface area contributed by atoms with Crippen molar-refractivity contribution in [3.8, 4) is 23.0 Å². The van der Waals surface area contributed by atoms with Crippen LogP contribution in [0.2, 0.25) is 0 Å². The Bertz CT molecular complexity index is 1350. The zero-order chi connectivity index (χ0) is 27.8. The van der Waals surface area contributed by atoms with Crippen LogP contribution in [-0.2, 0) is 0 Å². The van der Waals surface area contributed by atoms with Gasteiger partial charge in [-0.1, -0.05) is 0 Å². The number of benzene rings is 2. The molecule has 212 valence electrons. The zero-order valence-corrected chi connectivity index (χ0v) is 22.7. The molecule has 0 radical (unpaired) electrons. The first kappa shape index (κ1) is 26.2. The molecule has 3 atom stereocenters. The molecular weight excluding hydrogens is 516 g/mol. The number of carbonyl (C=O) groups excluding carboxylic acids is 2. The number of carbonyl (C=O) groups is 2. The summed E-state index contributed by atoms with van der Waals surface area (Å²) >= 11 is 0. The Hall–Kier alpha value is -3.99. The molecule has 0 aliphatic carbocycles. The average Bonchev–Trinajstić information content (AvgIpc) is 3.54. The Balaban J connectivity index is 1.10. The maximum atomic E-state index is 13.1. The lowest BCUT2D eigenvalue weighted by atomic mass is 10.1. The predicted molar refractivity (Wildman–Crippen MR) is 148 cm³/mol. The summed E-state index contributed by atoms with van der Waals surface area (Å²) in [5.74, 6) is 1.84. The van der Waals surface area contributed by atoms with Gasteiger partial charge < -0.3 is 39.2 Å². The number of hydrogen-bond donors (Lipinski definition) is 2. The standard InChI is InChI=1S/C29H34N4O7/c1-37-24-10-20-22(30-14-17-5-3-6-32(17)28(20)35)12-26(24)39-7-4-8-40-27-13-23-21(11-25(27)38-2)29(36)33-16-19(34)9-18(33)15-31-23/h10-14,17-19,31,34H,3-9,15-16H2,1-2H3/t17-,18-,19?/m0/s1. The Morgan fingerprint density at radius 2 is 1.65 bits per heavy atom. The first-order valence-corrected chi connectivity index (χ1v) is 13.7. The van der Waals surface area contributed by atoms with Gasteiger partial charge in [0.15, 0.2) is 23.0 Å². The van der Waals surface area contributed by atoms with Crippen molar-refractivity contribution in [3.63, 3.8) is 0 Å². The highest BCUT2D eigenvalue weighted by atomic mass is 16.5. The van der Waals surface area contributed by atoms with Crippen LogP contribution < -0.4 is 24.3 Å². The fourth-order valence-corrected chi connectivity index (χ4v) is 5.92. The number of nitrogens with zero attached hydrogens (tertiary/aromatic N) is 3. The smallest absolute Gasteiger partial charge is 0.256 e. The molecule has 2 N–H and O–H groups in total. The minimum absolute atomic E-state index is 0.0304. The molecule has 0 bridgehead atoms. The SMILES string of the molecule is COc1cc2c(cc1OCCCOc1cc3c(cc1OC)C(=O)N1CC(O)C[C@H]1CN3)N=C[C@@H]1CCCN1C2=O. The molecule has 2 saturated heterocycles. The van der Waals surface area contributed by atoms with E-state index < -0.39 is 6.10 Å². The number of fused-ring (bicyclic) bond motifs is 4. The van der Waals surface area contributed by atoms with E-state index in [1.54, 1.807) is 36.3 Å². The number of methoxy groups -OCH3 is 2. The van der Waals surface area contributed by atoms with E-state index >= 15 is 0 Å². The van der Waals surface area contributed by atoms with Crippen molar-refractivity contribution in [2.45, 2.75) is 43.9 Å². The fraction of sp³-hybridized carbons (Fsp3) is 0.483. The molecule has 11 heteroatoms. The minimum atomic E-state index is -0.497. The number of amides is 2. The molecule has 2 amide bonds. The number of anilines is 1. The van der Waals surface area contributed by atoms with Gasteiger partial charge >= 0.3 is 0 Å². The third-order valence-electron chi connectivity index (χ3n) is 7.98. The van der Waals surface area contributed by atoms with E-state index in [2.05, 4.69) is 10.3 Å². The highest BCUT2D eigenvalue weighted by Crippen LogP contribution is 2.39. The summed E-state index contributed by atoms with van der Waals surface area (Å²) in [5.41, 5.74) is 2.29. The van der Waals surface area contributed by atoms with Crippen molar-refractivity contribution in [3.05, 3.63) is 35.4 Å². The van der Waals surface area contributed by atoms with Gasteiger partial charge in [0.25, 0.3) is 11.8 Å². The van der Waals surface area contributed by atoms with Crippen molar-refractivity contribution in [2.75, 3.05) is 52.4 Å². The molecule has 0 aromatic heterocycles. The summed E-state index contributed by atoms with van der Waals surface area (Å²) in [6.07, 6.45) is 4.39. The van der Waals surface area contributed by atoms with Crippen molar-refractivity contribution in [1.29, 1.82) is 0 Å². The first-order valence-electron chi connectivity index (χ1n) is 13.7. The van der Waals surface area contributed by atoms with Crippen molar-refractivity contribution in [2.24, 2.45) is 4.99 Å². The van der Waals surface area contributed by atoms with Crippen molar-refractivity contribution >= 4 is 29.4 Å².